The van der Waals surface area contributed by atoms with Gasteiger partial charge in [0.25, 0.3) is 0 Å². The lowest BCUT2D eigenvalue weighted by molar-refractivity contribution is -0.117. The summed E-state index contributed by atoms with van der Waals surface area (Å²) in [7, 11) is -3.30. The van der Waals surface area contributed by atoms with Crippen LogP contribution in [0.15, 0.2) is 18.2 Å². The number of thioether (sulfide) groups is 1. The molecular formula is C12H17N3O3S2. The molecule has 20 heavy (non-hydrogen) atoms. The van der Waals surface area contributed by atoms with E-state index < -0.39 is 10.0 Å². The third kappa shape index (κ3) is 4.12. The second-order valence-corrected chi connectivity index (χ2v) is 7.44. The maximum absolute atomic E-state index is 11.9. The van der Waals surface area contributed by atoms with Gasteiger partial charge in [0.1, 0.15) is 0 Å². The van der Waals surface area contributed by atoms with Crippen molar-refractivity contribution < 1.29 is 13.2 Å². The number of carbonyl (C=O) groups is 1. The first-order chi connectivity index (χ1) is 9.35. The zero-order valence-electron chi connectivity index (χ0n) is 11.3. The van der Waals surface area contributed by atoms with E-state index in [0.29, 0.717) is 11.4 Å². The summed E-state index contributed by atoms with van der Waals surface area (Å²) >= 11 is 1.68. The molecule has 1 aromatic carbocycles. The minimum atomic E-state index is -3.30. The molecule has 0 radical (unpaired) electrons. The van der Waals surface area contributed by atoms with Gasteiger partial charge in [0.15, 0.2) is 0 Å². The van der Waals surface area contributed by atoms with Crippen molar-refractivity contribution in [2.75, 3.05) is 27.9 Å². The van der Waals surface area contributed by atoms with Gasteiger partial charge in [-0.15, -0.1) is 11.8 Å². The van der Waals surface area contributed by atoms with Crippen molar-refractivity contribution in [3.63, 3.8) is 0 Å². The number of sulfonamides is 1. The van der Waals surface area contributed by atoms with Gasteiger partial charge in [-0.25, -0.2) is 8.42 Å². The Hall–Kier alpha value is -1.25. The standard InChI is InChI=1S/C12H17N3O3S2/c1-8-5-9(3-4-10(8)15-20(2,17)18)14-12(16)11-6-19-7-13-11/h3-5,11,13,15H,6-7H2,1-2H3,(H,14,16). The van der Waals surface area contributed by atoms with Gasteiger partial charge in [0, 0.05) is 17.3 Å². The number of benzene rings is 1. The number of carbonyl (C=O) groups excluding carboxylic acids is 1. The molecule has 1 unspecified atom stereocenters. The molecule has 8 heteroatoms. The van der Waals surface area contributed by atoms with Crippen LogP contribution in [0.5, 0.6) is 0 Å². The van der Waals surface area contributed by atoms with Crippen molar-refractivity contribution in [2.24, 2.45) is 0 Å². The third-order valence-corrected chi connectivity index (χ3v) is 4.35. The van der Waals surface area contributed by atoms with Crippen molar-refractivity contribution in [1.29, 1.82) is 0 Å². The summed E-state index contributed by atoms with van der Waals surface area (Å²) in [5.74, 6) is 1.48. The van der Waals surface area contributed by atoms with Crippen molar-refractivity contribution in [3.05, 3.63) is 23.8 Å². The smallest absolute Gasteiger partial charge is 0.242 e. The molecule has 1 fully saturated rings. The maximum atomic E-state index is 11.9. The van der Waals surface area contributed by atoms with E-state index in [1.54, 1.807) is 36.9 Å². The highest BCUT2D eigenvalue weighted by Gasteiger charge is 2.22. The molecule has 1 aliphatic heterocycles. The van der Waals surface area contributed by atoms with Crippen LogP contribution in [0.1, 0.15) is 5.56 Å². The van der Waals surface area contributed by atoms with Crippen molar-refractivity contribution in [3.8, 4) is 0 Å². The average molecular weight is 315 g/mol. The van der Waals surface area contributed by atoms with Gasteiger partial charge in [-0.1, -0.05) is 0 Å². The van der Waals surface area contributed by atoms with E-state index in [2.05, 4.69) is 15.4 Å². The molecule has 1 heterocycles. The molecular weight excluding hydrogens is 298 g/mol. The summed E-state index contributed by atoms with van der Waals surface area (Å²) < 4.78 is 24.8. The highest BCUT2D eigenvalue weighted by atomic mass is 32.2. The SMILES string of the molecule is Cc1cc(NC(=O)C2CSCN2)ccc1NS(C)(=O)=O. The summed E-state index contributed by atoms with van der Waals surface area (Å²) in [6.45, 7) is 1.78. The highest BCUT2D eigenvalue weighted by Crippen LogP contribution is 2.21. The monoisotopic (exact) mass is 315 g/mol. The van der Waals surface area contributed by atoms with Crippen LogP contribution >= 0.6 is 11.8 Å². The molecule has 6 nitrogen and oxygen atoms in total. The van der Waals surface area contributed by atoms with E-state index >= 15 is 0 Å². The minimum Gasteiger partial charge on any atom is -0.325 e. The number of aryl methyl sites for hydroxylation is 1. The Morgan fingerprint density at radius 3 is 2.75 bits per heavy atom. The molecule has 1 aromatic rings. The van der Waals surface area contributed by atoms with Crippen molar-refractivity contribution >= 4 is 39.1 Å². The summed E-state index contributed by atoms with van der Waals surface area (Å²) in [6.07, 6.45) is 1.10. The van der Waals surface area contributed by atoms with Gasteiger partial charge in [-0.05, 0) is 30.7 Å². The molecule has 0 bridgehead atoms. The fourth-order valence-electron chi connectivity index (χ4n) is 1.85. The second-order valence-electron chi connectivity index (χ2n) is 4.67. The average Bonchev–Trinajstić information content (AvgIpc) is 2.85. The lowest BCUT2D eigenvalue weighted by Crippen LogP contribution is -2.37. The van der Waals surface area contributed by atoms with Crippen LogP contribution in [0.3, 0.4) is 0 Å². The van der Waals surface area contributed by atoms with Crippen LogP contribution in [0, 0.1) is 6.92 Å². The zero-order chi connectivity index (χ0) is 14.8. The van der Waals surface area contributed by atoms with Gasteiger partial charge in [0.2, 0.25) is 15.9 Å². The van der Waals surface area contributed by atoms with Crippen molar-refractivity contribution in [2.45, 2.75) is 13.0 Å². The van der Waals surface area contributed by atoms with Gasteiger partial charge in [0.05, 0.1) is 18.0 Å². The van der Waals surface area contributed by atoms with Gasteiger partial charge in [-0.2, -0.15) is 0 Å². The predicted octanol–water partition coefficient (Wildman–Crippen LogP) is 0.968. The van der Waals surface area contributed by atoms with Crippen molar-refractivity contribution in [1.82, 2.24) is 5.32 Å². The number of amides is 1. The fourth-order valence-corrected chi connectivity index (χ4v) is 3.42. The van der Waals surface area contributed by atoms with Gasteiger partial charge < -0.3 is 5.32 Å². The van der Waals surface area contributed by atoms with Crippen LogP contribution in [0.4, 0.5) is 11.4 Å². The van der Waals surface area contributed by atoms with Crippen LogP contribution < -0.4 is 15.4 Å². The van der Waals surface area contributed by atoms with E-state index in [0.717, 1.165) is 23.4 Å². The van der Waals surface area contributed by atoms with Gasteiger partial charge in [-0.3, -0.25) is 14.8 Å². The third-order valence-electron chi connectivity index (χ3n) is 2.82. The molecule has 110 valence electrons. The van der Waals surface area contributed by atoms with Crippen LogP contribution in [-0.2, 0) is 14.8 Å². The van der Waals surface area contributed by atoms with E-state index in [1.165, 1.54) is 0 Å². The van der Waals surface area contributed by atoms with E-state index in [1.807, 2.05) is 0 Å². The first-order valence-electron chi connectivity index (χ1n) is 6.05. The zero-order valence-corrected chi connectivity index (χ0v) is 12.9. The normalized spacial score (nSPS) is 18.8. The minimum absolute atomic E-state index is 0.0711. The number of nitrogens with one attached hydrogen (secondary N) is 3. The highest BCUT2D eigenvalue weighted by molar-refractivity contribution is 7.99. The molecule has 0 saturated carbocycles. The molecule has 2 rings (SSSR count). The largest absolute Gasteiger partial charge is 0.325 e. The summed E-state index contributed by atoms with van der Waals surface area (Å²) in [4.78, 5) is 11.9. The number of hydrogen-bond acceptors (Lipinski definition) is 5. The lowest BCUT2D eigenvalue weighted by atomic mass is 10.2. The molecule has 0 spiro atoms. The Morgan fingerprint density at radius 2 is 2.20 bits per heavy atom. The first kappa shape index (κ1) is 15.1. The maximum Gasteiger partial charge on any atom is 0.242 e. The molecule has 1 atom stereocenters. The van der Waals surface area contributed by atoms with Crippen LogP contribution in [0.2, 0.25) is 0 Å². The first-order valence-corrected chi connectivity index (χ1v) is 9.10. The second kappa shape index (κ2) is 6.02. The van der Waals surface area contributed by atoms with Crippen LogP contribution in [-0.4, -0.2) is 38.3 Å². The molecule has 0 aliphatic carbocycles. The Morgan fingerprint density at radius 1 is 1.45 bits per heavy atom. The summed E-state index contributed by atoms with van der Waals surface area (Å²) in [5, 5.41) is 5.92. The van der Waals surface area contributed by atoms with E-state index in [-0.39, 0.29) is 11.9 Å². The topological polar surface area (TPSA) is 87.3 Å². The number of hydrogen-bond donors (Lipinski definition) is 3. The Labute approximate surface area is 122 Å². The summed E-state index contributed by atoms with van der Waals surface area (Å²) in [6, 6.07) is 4.89. The molecule has 3 N–H and O–H groups in total. The summed E-state index contributed by atoms with van der Waals surface area (Å²) in [5.41, 5.74) is 1.92. The molecule has 1 saturated heterocycles. The molecule has 0 aromatic heterocycles. The Kier molecular flexibility index (Phi) is 4.56. The Bertz CT molecular complexity index is 610. The molecule has 1 aliphatic rings. The van der Waals surface area contributed by atoms with Gasteiger partial charge >= 0.3 is 0 Å². The Balaban J connectivity index is 2.07. The number of anilines is 2. The van der Waals surface area contributed by atoms with Crippen LogP contribution in [0.25, 0.3) is 0 Å². The number of rotatable bonds is 4. The fraction of sp³-hybridized carbons (Fsp3) is 0.417. The predicted molar refractivity (Wildman–Crippen MR) is 82.5 cm³/mol. The van der Waals surface area contributed by atoms with E-state index in [4.69, 9.17) is 0 Å². The molecule has 1 amide bonds. The van der Waals surface area contributed by atoms with E-state index in [9.17, 15) is 13.2 Å². The quantitative estimate of drug-likeness (QED) is 0.770. The lowest BCUT2D eigenvalue weighted by Gasteiger charge is -2.13.